The number of H-pyrrole nitrogens is 1. The van der Waals surface area contributed by atoms with E-state index in [-0.39, 0.29) is 42.6 Å². The highest BCUT2D eigenvalue weighted by Crippen LogP contribution is 2.32. The smallest absolute Gasteiger partial charge is 0.273 e. The molecule has 1 spiro atoms. The zero-order valence-corrected chi connectivity index (χ0v) is 26.0. The number of aromatic nitrogens is 2. The van der Waals surface area contributed by atoms with Gasteiger partial charge in [0.15, 0.2) is 0 Å². The van der Waals surface area contributed by atoms with Gasteiger partial charge in [-0.05, 0) is 73.7 Å². The first-order chi connectivity index (χ1) is 21.7. The minimum absolute atomic E-state index is 0. The number of aryl methyl sites for hydroxylation is 1. The minimum Gasteiger partial charge on any atom is -0.506 e. The maximum Gasteiger partial charge on any atom is 0.273 e. The van der Waals surface area contributed by atoms with Crippen LogP contribution in [0.3, 0.4) is 0 Å². The number of rotatable bonds is 9. The van der Waals surface area contributed by atoms with Gasteiger partial charge in [0.2, 0.25) is 5.56 Å². The summed E-state index contributed by atoms with van der Waals surface area (Å²) in [5.41, 5.74) is 2.48. The van der Waals surface area contributed by atoms with E-state index in [4.69, 9.17) is 4.74 Å². The monoisotopic (exact) mass is 651 g/mol. The van der Waals surface area contributed by atoms with E-state index in [0.717, 1.165) is 42.1 Å². The van der Waals surface area contributed by atoms with Crippen LogP contribution in [0.15, 0.2) is 52.6 Å². The number of morpholine rings is 1. The molecule has 246 valence electrons. The van der Waals surface area contributed by atoms with E-state index in [1.165, 1.54) is 23.5 Å². The van der Waals surface area contributed by atoms with Crippen LogP contribution in [-0.4, -0.2) is 87.4 Å². The summed E-state index contributed by atoms with van der Waals surface area (Å²) in [4.78, 5) is 35.8. The van der Waals surface area contributed by atoms with E-state index < -0.39 is 6.10 Å². The lowest BCUT2D eigenvalue weighted by Crippen LogP contribution is -2.58. The first-order valence-electron chi connectivity index (χ1n) is 15.3. The Morgan fingerprint density at radius 2 is 1.96 bits per heavy atom. The van der Waals surface area contributed by atoms with Crippen molar-refractivity contribution >= 4 is 28.1 Å². The van der Waals surface area contributed by atoms with E-state index in [2.05, 4.69) is 20.2 Å². The van der Waals surface area contributed by atoms with Crippen LogP contribution in [0.5, 0.6) is 5.75 Å². The molecule has 0 bridgehead atoms. The summed E-state index contributed by atoms with van der Waals surface area (Å²) in [5, 5.41) is 27.4. The highest BCUT2D eigenvalue weighted by molar-refractivity contribution is 7.09. The summed E-state index contributed by atoms with van der Waals surface area (Å²) >= 11 is 1.48. The number of pyridine rings is 1. The molecule has 0 aliphatic carbocycles. The third-order valence-corrected chi connectivity index (χ3v) is 9.53. The Balaban J connectivity index is 0.00000417. The van der Waals surface area contributed by atoms with Gasteiger partial charge < -0.3 is 30.2 Å². The van der Waals surface area contributed by atoms with Gasteiger partial charge in [-0.25, -0.2) is 9.37 Å². The lowest BCUT2D eigenvalue weighted by Gasteiger charge is -2.47. The fraction of sp³-hybridized carbons (Fsp3) is 0.441. The second-order valence-corrected chi connectivity index (χ2v) is 13.1. The maximum atomic E-state index is 14.6. The number of phenolic OH excluding ortho intramolecular Hbond substituents is 1. The number of ether oxygens (including phenoxy) is 1. The second kappa shape index (κ2) is 14.4. The Morgan fingerprint density at radius 1 is 1.17 bits per heavy atom. The molecule has 0 radical (unpaired) electrons. The molecule has 2 aromatic heterocycles. The molecular weight excluding hydrogens is 609 g/mol. The molecule has 2 aromatic carbocycles. The molecule has 2 aliphatic rings. The number of carbonyl (C=O) groups excluding carboxylic acids is 1. The third-order valence-electron chi connectivity index (χ3n) is 8.76. The fourth-order valence-electron chi connectivity index (χ4n) is 6.41. The van der Waals surface area contributed by atoms with Gasteiger partial charge in [0.25, 0.3) is 5.91 Å². The van der Waals surface area contributed by atoms with Crippen LogP contribution in [-0.2, 0) is 17.7 Å². The number of phenols is 1. The predicted octanol–water partition coefficient (Wildman–Crippen LogP) is 4.15. The number of halogens is 1. The highest BCUT2D eigenvalue weighted by Gasteiger charge is 2.41. The van der Waals surface area contributed by atoms with Crippen molar-refractivity contribution in [1.29, 1.82) is 0 Å². The van der Waals surface area contributed by atoms with Crippen LogP contribution >= 0.6 is 11.3 Å². The predicted molar refractivity (Wildman–Crippen MR) is 177 cm³/mol. The van der Waals surface area contributed by atoms with Gasteiger partial charge in [-0.3, -0.25) is 14.5 Å². The first kappa shape index (κ1) is 33.7. The summed E-state index contributed by atoms with van der Waals surface area (Å²) in [6.45, 7) is 6.55. The summed E-state index contributed by atoms with van der Waals surface area (Å²) in [6.07, 6.45) is 1.32. The maximum absolute atomic E-state index is 14.6. The molecule has 6 rings (SSSR count). The number of amides is 1. The molecule has 0 saturated carbocycles. The fourth-order valence-corrected chi connectivity index (χ4v) is 6.99. The van der Waals surface area contributed by atoms with Crippen LogP contribution < -0.4 is 10.9 Å². The molecule has 4 heterocycles. The summed E-state index contributed by atoms with van der Waals surface area (Å²) in [7, 11) is 0. The number of benzene rings is 2. The van der Waals surface area contributed by atoms with Gasteiger partial charge in [-0.15, -0.1) is 11.3 Å². The van der Waals surface area contributed by atoms with Crippen LogP contribution in [0.4, 0.5) is 4.39 Å². The molecule has 2 aliphatic heterocycles. The zero-order valence-electron chi connectivity index (χ0n) is 25.2. The van der Waals surface area contributed by atoms with Crippen molar-refractivity contribution in [3.63, 3.8) is 0 Å². The average Bonchev–Trinajstić information content (AvgIpc) is 3.46. The summed E-state index contributed by atoms with van der Waals surface area (Å²) in [6, 6.07) is 11.2. The zero-order chi connectivity index (χ0) is 31.6. The molecule has 2 saturated heterocycles. The van der Waals surface area contributed by atoms with Crippen molar-refractivity contribution < 1.29 is 24.1 Å². The number of aromatic hydroxyl groups is 1. The highest BCUT2D eigenvalue weighted by atomic mass is 32.1. The van der Waals surface area contributed by atoms with Gasteiger partial charge in [-0.1, -0.05) is 19.6 Å². The number of piperidine rings is 1. The number of nitrogens with one attached hydrogen (secondary N) is 2. The van der Waals surface area contributed by atoms with Crippen LogP contribution in [0.25, 0.3) is 10.9 Å². The number of fused-ring (bicyclic) bond motifs is 1. The van der Waals surface area contributed by atoms with Crippen LogP contribution in [0.2, 0.25) is 0 Å². The molecule has 1 amide bonds. The lowest BCUT2D eigenvalue weighted by atomic mass is 9.89. The molecule has 4 N–H and O–H groups in total. The number of hydrogen-bond donors (Lipinski definition) is 4. The van der Waals surface area contributed by atoms with E-state index in [1.807, 2.05) is 23.3 Å². The number of nitrogens with zero attached hydrogens (tertiary/aromatic N) is 3. The standard InChI is InChI=1S/C33H38FN5O5S.CH4/c1-21-36-27(19-45-21)32(43)39-12-13-44-33(20-39)7-10-38(11-8-33)18-23-14-22(15-24(34)16-23)6-9-35-17-29(41)25-2-4-28(40)31-26(25)3-5-30(42)37-31;/h2-5,14-16,19,29,35,40-41H,6-13,17-18,20H2,1H3,(H,37,42);1H4/t29-;/m0./s1. The summed E-state index contributed by atoms with van der Waals surface area (Å²) in [5.74, 6) is -0.365. The van der Waals surface area contributed by atoms with Crippen molar-refractivity contribution in [1.82, 2.24) is 25.1 Å². The van der Waals surface area contributed by atoms with Crippen LogP contribution in [0.1, 0.15) is 58.6 Å². The Labute approximate surface area is 271 Å². The third kappa shape index (κ3) is 7.64. The lowest BCUT2D eigenvalue weighted by molar-refractivity contribution is -0.128. The van der Waals surface area contributed by atoms with Crippen molar-refractivity contribution in [3.8, 4) is 5.75 Å². The molecular formula is C34H42FN5O5S. The molecule has 12 heteroatoms. The molecule has 0 unspecified atom stereocenters. The van der Waals surface area contributed by atoms with Gasteiger partial charge in [0, 0.05) is 49.6 Å². The molecule has 4 aromatic rings. The quantitative estimate of drug-likeness (QED) is 0.199. The number of hydrogen-bond acceptors (Lipinski definition) is 9. The van der Waals surface area contributed by atoms with Gasteiger partial charge in [0.05, 0.1) is 35.4 Å². The van der Waals surface area contributed by atoms with Crippen molar-refractivity contribution in [2.24, 2.45) is 0 Å². The van der Waals surface area contributed by atoms with Gasteiger partial charge in [0.1, 0.15) is 17.3 Å². The number of thiazole rings is 1. The first-order valence-corrected chi connectivity index (χ1v) is 16.2. The van der Waals surface area contributed by atoms with Gasteiger partial charge >= 0.3 is 0 Å². The minimum atomic E-state index is -0.862. The number of likely N-dealkylation sites (tertiary alicyclic amines) is 1. The second-order valence-electron chi connectivity index (χ2n) is 12.0. The van der Waals surface area contributed by atoms with E-state index in [0.29, 0.717) is 61.4 Å². The van der Waals surface area contributed by atoms with Crippen molar-refractivity contribution in [3.05, 3.63) is 91.4 Å². The van der Waals surface area contributed by atoms with E-state index in [9.17, 15) is 24.2 Å². The molecule has 2 fully saturated rings. The normalized spacial score (nSPS) is 17.2. The average molecular weight is 652 g/mol. The Kier molecular flexibility index (Phi) is 10.5. The molecule has 10 nitrogen and oxygen atoms in total. The molecule has 46 heavy (non-hydrogen) atoms. The Hall–Kier alpha value is -3.68. The Bertz CT molecular complexity index is 1730. The SMILES string of the molecule is C.Cc1nc(C(=O)N2CCOC3(CCN(Cc4cc(F)cc(CCNC[C@H](O)c5ccc(O)c6[nH]c(=O)ccc56)c4)CC3)C2)cs1. The summed E-state index contributed by atoms with van der Waals surface area (Å²) < 4.78 is 20.9. The largest absolute Gasteiger partial charge is 0.506 e. The number of aromatic amines is 1. The molecule has 1 atom stereocenters. The number of aliphatic hydroxyl groups excluding tert-OH is 1. The van der Waals surface area contributed by atoms with Gasteiger partial charge in [-0.2, -0.15) is 0 Å². The Morgan fingerprint density at radius 3 is 2.72 bits per heavy atom. The van der Waals surface area contributed by atoms with Crippen LogP contribution in [0, 0.1) is 12.7 Å². The van der Waals surface area contributed by atoms with E-state index in [1.54, 1.807) is 24.3 Å². The van der Waals surface area contributed by atoms with E-state index >= 15 is 0 Å². The number of carbonyl (C=O) groups is 1. The number of aliphatic hydroxyl groups is 1. The van der Waals surface area contributed by atoms with Crippen molar-refractivity contribution in [2.45, 2.75) is 51.9 Å². The van der Waals surface area contributed by atoms with Crippen molar-refractivity contribution in [2.75, 3.05) is 45.9 Å². The topological polar surface area (TPSA) is 131 Å².